The van der Waals surface area contributed by atoms with Gasteiger partial charge in [0.15, 0.2) is 0 Å². The summed E-state index contributed by atoms with van der Waals surface area (Å²) in [7, 11) is 4.13. The smallest absolute Gasteiger partial charge is 0.122 e. The number of hydrogen-bond acceptors (Lipinski definition) is 3. The Morgan fingerprint density at radius 1 is 1.38 bits per heavy atom. The van der Waals surface area contributed by atoms with Crippen molar-refractivity contribution in [3.05, 3.63) is 0 Å². The zero-order chi connectivity index (χ0) is 10.3. The first-order valence-corrected chi connectivity index (χ1v) is 4.92. The lowest BCUT2D eigenvalue weighted by Gasteiger charge is -2.10. The third kappa shape index (κ3) is 7.78. The van der Waals surface area contributed by atoms with E-state index in [-0.39, 0.29) is 6.10 Å². The Morgan fingerprint density at radius 3 is 2.38 bits per heavy atom. The van der Waals surface area contributed by atoms with Crippen LogP contribution in [-0.4, -0.2) is 37.4 Å². The molecule has 0 aliphatic carbocycles. The van der Waals surface area contributed by atoms with E-state index in [4.69, 9.17) is 4.84 Å². The molecule has 78 valence electrons. The summed E-state index contributed by atoms with van der Waals surface area (Å²) in [5.74, 6) is 0. The number of oxime groups is 1. The van der Waals surface area contributed by atoms with Crippen molar-refractivity contribution in [2.24, 2.45) is 5.16 Å². The Labute approximate surface area is 81.7 Å². The molecule has 0 N–H and O–H groups in total. The molecule has 0 saturated heterocycles. The van der Waals surface area contributed by atoms with Crippen LogP contribution in [0.1, 0.15) is 33.6 Å². The third-order valence-corrected chi connectivity index (χ3v) is 1.65. The number of hydrogen-bond donors (Lipinski definition) is 0. The van der Waals surface area contributed by atoms with E-state index in [0.717, 1.165) is 25.1 Å². The van der Waals surface area contributed by atoms with Gasteiger partial charge < -0.3 is 9.74 Å². The predicted octanol–water partition coefficient (Wildman–Crippen LogP) is 2.13. The van der Waals surface area contributed by atoms with E-state index < -0.39 is 0 Å². The average molecular weight is 186 g/mol. The van der Waals surface area contributed by atoms with Crippen molar-refractivity contribution in [1.82, 2.24) is 4.90 Å². The van der Waals surface area contributed by atoms with Crippen LogP contribution in [0, 0.1) is 0 Å². The Morgan fingerprint density at radius 2 is 2.00 bits per heavy atom. The topological polar surface area (TPSA) is 24.8 Å². The van der Waals surface area contributed by atoms with Gasteiger partial charge in [-0.2, -0.15) is 0 Å². The molecule has 0 aromatic carbocycles. The van der Waals surface area contributed by atoms with Crippen LogP contribution in [0.5, 0.6) is 0 Å². The Hall–Kier alpha value is -0.570. The van der Waals surface area contributed by atoms with Crippen LogP contribution in [0.2, 0.25) is 0 Å². The molecule has 0 bridgehead atoms. The van der Waals surface area contributed by atoms with Crippen molar-refractivity contribution in [2.45, 2.75) is 39.7 Å². The molecule has 13 heavy (non-hydrogen) atoms. The zero-order valence-electron chi connectivity index (χ0n) is 9.50. The van der Waals surface area contributed by atoms with Crippen LogP contribution in [0.4, 0.5) is 0 Å². The Kier molecular flexibility index (Phi) is 6.59. The maximum Gasteiger partial charge on any atom is 0.122 e. The molecular formula is C10H22N2O. The molecule has 0 aliphatic heterocycles. The van der Waals surface area contributed by atoms with Gasteiger partial charge in [0.05, 0.1) is 5.71 Å². The largest absolute Gasteiger partial charge is 0.393 e. The molecule has 0 aromatic rings. The highest BCUT2D eigenvalue weighted by Crippen LogP contribution is 1.97. The second-order valence-electron chi connectivity index (χ2n) is 3.72. The van der Waals surface area contributed by atoms with Gasteiger partial charge in [0.2, 0.25) is 0 Å². The van der Waals surface area contributed by atoms with Crippen LogP contribution in [0.3, 0.4) is 0 Å². The van der Waals surface area contributed by atoms with Crippen LogP contribution >= 0.6 is 0 Å². The first-order chi connectivity index (χ1) is 6.06. The first kappa shape index (κ1) is 12.4. The van der Waals surface area contributed by atoms with Crippen LogP contribution in [0.25, 0.3) is 0 Å². The van der Waals surface area contributed by atoms with Gasteiger partial charge in [0, 0.05) is 13.0 Å². The van der Waals surface area contributed by atoms with Crippen LogP contribution in [-0.2, 0) is 4.84 Å². The highest BCUT2D eigenvalue weighted by atomic mass is 16.6. The molecule has 0 aromatic heterocycles. The summed E-state index contributed by atoms with van der Waals surface area (Å²) >= 11 is 0. The maximum atomic E-state index is 5.20. The summed E-state index contributed by atoms with van der Waals surface area (Å²) in [6, 6.07) is 0. The molecule has 0 heterocycles. The van der Waals surface area contributed by atoms with Gasteiger partial charge in [-0.05, 0) is 34.4 Å². The summed E-state index contributed by atoms with van der Waals surface area (Å²) in [5.41, 5.74) is 1.14. The molecular weight excluding hydrogens is 164 g/mol. The van der Waals surface area contributed by atoms with E-state index in [2.05, 4.69) is 31.1 Å². The van der Waals surface area contributed by atoms with E-state index in [1.54, 1.807) is 0 Å². The Balaban J connectivity index is 3.80. The summed E-state index contributed by atoms with van der Waals surface area (Å²) in [5, 5.41) is 4.10. The van der Waals surface area contributed by atoms with E-state index in [9.17, 15) is 0 Å². The zero-order valence-corrected chi connectivity index (χ0v) is 9.50. The molecule has 0 radical (unpaired) electrons. The van der Waals surface area contributed by atoms with Gasteiger partial charge in [-0.1, -0.05) is 12.1 Å². The molecule has 0 amide bonds. The van der Waals surface area contributed by atoms with Gasteiger partial charge in [-0.15, -0.1) is 0 Å². The molecule has 3 heteroatoms. The quantitative estimate of drug-likeness (QED) is 0.469. The standard InChI is InChI=1S/C10H22N2O/c1-6-10(7-8-12(4)5)11-13-9(2)3/h9H,6-8H2,1-5H3/b11-10-. The lowest BCUT2D eigenvalue weighted by molar-refractivity contribution is 0.0848. The molecule has 0 rings (SSSR count). The SMILES string of the molecule is CC/C(CCN(C)C)=N/OC(C)C. The molecule has 3 nitrogen and oxygen atoms in total. The first-order valence-electron chi connectivity index (χ1n) is 4.92. The fraction of sp³-hybridized carbons (Fsp3) is 0.900. The average Bonchev–Trinajstić information content (AvgIpc) is 2.04. The predicted molar refractivity (Wildman–Crippen MR) is 57.1 cm³/mol. The minimum Gasteiger partial charge on any atom is -0.393 e. The summed E-state index contributed by atoms with van der Waals surface area (Å²) in [4.78, 5) is 7.35. The molecule has 0 saturated carbocycles. The molecule has 0 aliphatic rings. The number of nitrogens with zero attached hydrogens (tertiary/aromatic N) is 2. The Bertz CT molecular complexity index is 153. The molecule has 0 atom stereocenters. The highest BCUT2D eigenvalue weighted by Gasteiger charge is 1.99. The van der Waals surface area contributed by atoms with Gasteiger partial charge >= 0.3 is 0 Å². The van der Waals surface area contributed by atoms with E-state index in [1.807, 2.05) is 13.8 Å². The molecule has 0 fully saturated rings. The van der Waals surface area contributed by atoms with Crippen molar-refractivity contribution < 1.29 is 4.84 Å². The van der Waals surface area contributed by atoms with Gasteiger partial charge in [-0.3, -0.25) is 0 Å². The fourth-order valence-corrected chi connectivity index (χ4v) is 0.820. The van der Waals surface area contributed by atoms with Crippen LogP contribution < -0.4 is 0 Å². The van der Waals surface area contributed by atoms with Crippen molar-refractivity contribution in [2.75, 3.05) is 20.6 Å². The van der Waals surface area contributed by atoms with E-state index >= 15 is 0 Å². The van der Waals surface area contributed by atoms with Crippen molar-refractivity contribution in [3.8, 4) is 0 Å². The van der Waals surface area contributed by atoms with Crippen molar-refractivity contribution in [1.29, 1.82) is 0 Å². The van der Waals surface area contributed by atoms with Gasteiger partial charge in [-0.25, -0.2) is 0 Å². The number of rotatable bonds is 6. The summed E-state index contributed by atoms with van der Waals surface area (Å²) in [6.45, 7) is 7.12. The fourth-order valence-electron chi connectivity index (χ4n) is 0.820. The van der Waals surface area contributed by atoms with Gasteiger partial charge in [0.1, 0.15) is 6.10 Å². The lowest BCUT2D eigenvalue weighted by atomic mass is 10.2. The minimum atomic E-state index is 0.181. The monoisotopic (exact) mass is 186 g/mol. The highest BCUT2D eigenvalue weighted by molar-refractivity contribution is 5.83. The third-order valence-electron chi connectivity index (χ3n) is 1.65. The normalized spacial score (nSPS) is 12.7. The van der Waals surface area contributed by atoms with E-state index in [1.165, 1.54) is 0 Å². The summed E-state index contributed by atoms with van der Waals surface area (Å²) in [6.07, 6.45) is 2.15. The summed E-state index contributed by atoms with van der Waals surface area (Å²) < 4.78 is 0. The minimum absolute atomic E-state index is 0.181. The second-order valence-corrected chi connectivity index (χ2v) is 3.72. The van der Waals surface area contributed by atoms with Crippen molar-refractivity contribution in [3.63, 3.8) is 0 Å². The van der Waals surface area contributed by atoms with E-state index in [0.29, 0.717) is 0 Å². The maximum absolute atomic E-state index is 5.20. The molecule has 0 unspecified atom stereocenters. The van der Waals surface area contributed by atoms with Crippen LogP contribution in [0.15, 0.2) is 5.16 Å². The molecule has 0 spiro atoms. The second kappa shape index (κ2) is 6.89. The van der Waals surface area contributed by atoms with Gasteiger partial charge in [0.25, 0.3) is 0 Å². The van der Waals surface area contributed by atoms with Crippen molar-refractivity contribution >= 4 is 5.71 Å². The lowest BCUT2D eigenvalue weighted by Crippen LogP contribution is -2.16.